The molecule has 0 radical (unpaired) electrons. The van der Waals surface area contributed by atoms with Gasteiger partial charge in [-0.15, -0.1) is 0 Å². The van der Waals surface area contributed by atoms with Crippen molar-refractivity contribution in [3.8, 4) is 0 Å². The van der Waals surface area contributed by atoms with Gasteiger partial charge in [-0.05, 0) is 37.1 Å². The Bertz CT molecular complexity index is 586. The number of pyridine rings is 1. The van der Waals surface area contributed by atoms with E-state index >= 15 is 0 Å². The molecule has 0 bridgehead atoms. The van der Waals surface area contributed by atoms with Crippen LogP contribution >= 0.6 is 0 Å². The van der Waals surface area contributed by atoms with Crippen LogP contribution in [0.5, 0.6) is 0 Å². The van der Waals surface area contributed by atoms with Gasteiger partial charge in [0.15, 0.2) is 6.20 Å². The summed E-state index contributed by atoms with van der Waals surface area (Å²) in [7, 11) is 0. The number of benzene rings is 1. The first-order valence-corrected chi connectivity index (χ1v) is 6.16. The van der Waals surface area contributed by atoms with Crippen LogP contribution in [0.2, 0.25) is 0 Å². The Morgan fingerprint density at radius 3 is 2.65 bits per heavy atom. The van der Waals surface area contributed by atoms with Crippen LogP contribution in [0.15, 0.2) is 42.6 Å². The molecule has 1 heterocycles. The van der Waals surface area contributed by atoms with E-state index in [1.54, 1.807) is 6.20 Å². The molecule has 0 atom stereocenters. The normalized spacial score (nSPS) is 15.9. The Labute approximate surface area is 101 Å². The second-order valence-electron chi connectivity index (χ2n) is 4.59. The van der Waals surface area contributed by atoms with Crippen molar-refractivity contribution in [1.82, 2.24) is 0 Å². The number of hydrogen-bond acceptors (Lipinski definition) is 1. The van der Waals surface area contributed by atoms with E-state index in [0.717, 1.165) is 34.0 Å². The van der Waals surface area contributed by atoms with E-state index in [1.165, 1.54) is 18.4 Å². The Kier molecular flexibility index (Phi) is 2.56. The number of aromatic nitrogens is 1. The fourth-order valence-electron chi connectivity index (χ4n) is 2.47. The smallest absolute Gasteiger partial charge is 0.219 e. The summed E-state index contributed by atoms with van der Waals surface area (Å²) < 4.78 is 1.01. The zero-order valence-electron chi connectivity index (χ0n) is 9.73. The van der Waals surface area contributed by atoms with Gasteiger partial charge in [-0.3, -0.25) is 0 Å². The Morgan fingerprint density at radius 1 is 1.06 bits per heavy atom. The largest absolute Gasteiger partial charge is 0.618 e. The first kappa shape index (κ1) is 10.3. The highest BCUT2D eigenvalue weighted by molar-refractivity contribution is 5.83. The molecule has 1 aromatic heterocycles. The molecule has 86 valence electrons. The third-order valence-corrected chi connectivity index (χ3v) is 3.40. The molecule has 0 unspecified atom stereocenters. The quantitative estimate of drug-likeness (QED) is 0.539. The van der Waals surface area contributed by atoms with E-state index in [4.69, 9.17) is 0 Å². The maximum absolute atomic E-state index is 12.0. The van der Waals surface area contributed by atoms with Crippen molar-refractivity contribution >= 4 is 16.3 Å². The standard InChI is InChI=1S/C15H15NO/c17-16-11-14-9-5-4-8-13(14)10-15(16)12-6-2-1-3-7-12/h4-6,8-11H,1-3,7H2. The number of allylic oxidation sites excluding steroid dienone is 2. The van der Waals surface area contributed by atoms with Crippen molar-refractivity contribution in [2.75, 3.05) is 0 Å². The molecular formula is C15H15NO. The molecule has 2 nitrogen and oxygen atoms in total. The third-order valence-electron chi connectivity index (χ3n) is 3.40. The monoisotopic (exact) mass is 225 g/mol. The van der Waals surface area contributed by atoms with Gasteiger partial charge < -0.3 is 5.21 Å². The summed E-state index contributed by atoms with van der Waals surface area (Å²) in [5.74, 6) is 0. The molecule has 0 fully saturated rings. The first-order chi connectivity index (χ1) is 8.34. The molecule has 2 aromatic rings. The van der Waals surface area contributed by atoms with Crippen LogP contribution in [0, 0.1) is 5.21 Å². The van der Waals surface area contributed by atoms with Gasteiger partial charge >= 0.3 is 0 Å². The van der Waals surface area contributed by atoms with Gasteiger partial charge in [-0.1, -0.05) is 24.3 Å². The van der Waals surface area contributed by atoms with Gasteiger partial charge in [0.2, 0.25) is 5.69 Å². The van der Waals surface area contributed by atoms with Crippen molar-refractivity contribution in [3.05, 3.63) is 53.5 Å². The van der Waals surface area contributed by atoms with E-state index in [1.807, 2.05) is 24.3 Å². The lowest BCUT2D eigenvalue weighted by Gasteiger charge is -2.13. The van der Waals surface area contributed by atoms with Crippen LogP contribution in [0.25, 0.3) is 16.3 Å². The molecule has 17 heavy (non-hydrogen) atoms. The second kappa shape index (κ2) is 4.21. The summed E-state index contributed by atoms with van der Waals surface area (Å²) in [5.41, 5.74) is 2.03. The first-order valence-electron chi connectivity index (χ1n) is 6.16. The SMILES string of the molecule is [O-][n+]1cc2ccccc2cc1C1=CCCCC1. The molecule has 0 amide bonds. The molecule has 0 aliphatic heterocycles. The molecule has 0 saturated heterocycles. The van der Waals surface area contributed by atoms with E-state index in [9.17, 15) is 5.21 Å². The number of rotatable bonds is 1. The lowest BCUT2D eigenvalue weighted by atomic mass is 9.96. The Morgan fingerprint density at radius 2 is 1.88 bits per heavy atom. The lowest BCUT2D eigenvalue weighted by Crippen LogP contribution is -2.31. The summed E-state index contributed by atoms with van der Waals surface area (Å²) in [6.07, 6.45) is 8.46. The summed E-state index contributed by atoms with van der Waals surface area (Å²) in [6.45, 7) is 0. The van der Waals surface area contributed by atoms with Crippen LogP contribution in [-0.4, -0.2) is 0 Å². The van der Waals surface area contributed by atoms with Crippen LogP contribution < -0.4 is 4.73 Å². The molecule has 2 heteroatoms. The van der Waals surface area contributed by atoms with E-state index in [-0.39, 0.29) is 0 Å². The zero-order chi connectivity index (χ0) is 11.7. The number of nitrogens with zero attached hydrogens (tertiary/aromatic N) is 1. The van der Waals surface area contributed by atoms with Gasteiger partial charge in [0, 0.05) is 17.0 Å². The Balaban J connectivity index is 2.15. The fraction of sp³-hybridized carbons (Fsp3) is 0.267. The molecule has 0 saturated carbocycles. The average Bonchev–Trinajstić information content (AvgIpc) is 2.39. The second-order valence-corrected chi connectivity index (χ2v) is 4.59. The summed E-state index contributed by atoms with van der Waals surface area (Å²) in [5, 5.41) is 14.2. The summed E-state index contributed by atoms with van der Waals surface area (Å²) in [4.78, 5) is 0. The topological polar surface area (TPSA) is 26.9 Å². The van der Waals surface area contributed by atoms with Crippen LogP contribution in [0.3, 0.4) is 0 Å². The predicted octanol–water partition coefficient (Wildman–Crippen LogP) is 3.43. The van der Waals surface area contributed by atoms with Crippen molar-refractivity contribution in [3.63, 3.8) is 0 Å². The van der Waals surface area contributed by atoms with Gasteiger partial charge in [-0.25, -0.2) is 0 Å². The van der Waals surface area contributed by atoms with Crippen molar-refractivity contribution in [2.24, 2.45) is 0 Å². The molecule has 0 N–H and O–H groups in total. The van der Waals surface area contributed by atoms with Gasteiger partial charge in [-0.2, -0.15) is 4.73 Å². The van der Waals surface area contributed by atoms with Gasteiger partial charge in [0.05, 0.1) is 0 Å². The van der Waals surface area contributed by atoms with Gasteiger partial charge in [0.25, 0.3) is 0 Å². The molecule has 1 aliphatic carbocycles. The van der Waals surface area contributed by atoms with Crippen molar-refractivity contribution < 1.29 is 4.73 Å². The zero-order valence-corrected chi connectivity index (χ0v) is 9.73. The molecular weight excluding hydrogens is 210 g/mol. The lowest BCUT2D eigenvalue weighted by molar-refractivity contribution is -0.606. The molecule has 1 aromatic carbocycles. The van der Waals surface area contributed by atoms with Crippen molar-refractivity contribution in [1.29, 1.82) is 0 Å². The summed E-state index contributed by atoms with van der Waals surface area (Å²) >= 11 is 0. The average molecular weight is 225 g/mol. The minimum Gasteiger partial charge on any atom is -0.618 e. The molecule has 1 aliphatic rings. The minimum absolute atomic E-state index is 0.823. The summed E-state index contributed by atoms with van der Waals surface area (Å²) in [6, 6.07) is 10.0. The number of fused-ring (bicyclic) bond motifs is 1. The highest BCUT2D eigenvalue weighted by Gasteiger charge is 2.15. The van der Waals surface area contributed by atoms with Crippen LogP contribution in [0.1, 0.15) is 31.4 Å². The van der Waals surface area contributed by atoms with Crippen LogP contribution in [0.4, 0.5) is 0 Å². The van der Waals surface area contributed by atoms with E-state index < -0.39 is 0 Å². The predicted molar refractivity (Wildman–Crippen MR) is 69.4 cm³/mol. The Hall–Kier alpha value is -1.83. The maximum atomic E-state index is 12.0. The molecule has 3 rings (SSSR count). The number of hydrogen-bond donors (Lipinski definition) is 0. The highest BCUT2D eigenvalue weighted by atomic mass is 16.5. The van der Waals surface area contributed by atoms with E-state index in [2.05, 4.69) is 12.1 Å². The maximum Gasteiger partial charge on any atom is 0.219 e. The fourth-order valence-corrected chi connectivity index (χ4v) is 2.47. The van der Waals surface area contributed by atoms with Crippen LogP contribution in [-0.2, 0) is 0 Å². The molecule has 0 spiro atoms. The van der Waals surface area contributed by atoms with Gasteiger partial charge in [0.1, 0.15) is 0 Å². The minimum atomic E-state index is 0.823. The highest BCUT2D eigenvalue weighted by Crippen LogP contribution is 2.26. The van der Waals surface area contributed by atoms with E-state index in [0.29, 0.717) is 0 Å². The third kappa shape index (κ3) is 1.91. The van der Waals surface area contributed by atoms with Crippen molar-refractivity contribution in [2.45, 2.75) is 25.7 Å².